The van der Waals surface area contributed by atoms with Crippen LogP contribution in [0.15, 0.2) is 0 Å². The molecule has 12 heteroatoms. The highest BCUT2D eigenvalue weighted by Gasteiger charge is 2.59. The van der Waals surface area contributed by atoms with Crippen molar-refractivity contribution in [2.75, 3.05) is 19.8 Å². The Hall–Kier alpha value is -0.930. The summed E-state index contributed by atoms with van der Waals surface area (Å²) >= 11 is 0. The number of esters is 1. The van der Waals surface area contributed by atoms with Gasteiger partial charge >= 0.3 is 5.97 Å². The van der Waals surface area contributed by atoms with Crippen LogP contribution in [0.4, 0.5) is 0 Å². The molecule has 2 aliphatic rings. The van der Waals surface area contributed by atoms with Gasteiger partial charge in [0.05, 0.1) is 13.2 Å². The van der Waals surface area contributed by atoms with Gasteiger partial charge < -0.3 is 54.7 Å². The van der Waals surface area contributed by atoms with Crippen molar-refractivity contribution in [1.29, 1.82) is 0 Å². The first-order valence-electron chi connectivity index (χ1n) is 16.0. The molecule has 0 spiro atoms. The van der Waals surface area contributed by atoms with Gasteiger partial charge in [-0.15, -0.1) is 0 Å². The molecular formula is C30H56O12. The Kier molecular flexibility index (Phi) is 17.9. The molecule has 9 atom stereocenters. The lowest BCUT2D eigenvalue weighted by Gasteiger charge is -2.44. The van der Waals surface area contributed by atoms with Crippen LogP contribution in [-0.4, -0.2) is 116 Å². The largest absolute Gasteiger partial charge is 0.454 e. The van der Waals surface area contributed by atoms with Crippen LogP contribution in [0.2, 0.25) is 0 Å². The van der Waals surface area contributed by atoms with Crippen molar-refractivity contribution >= 4 is 5.97 Å². The molecule has 7 N–H and O–H groups in total. The summed E-state index contributed by atoms with van der Waals surface area (Å²) in [5, 5.41) is 70.5. The average Bonchev–Trinajstić information content (AvgIpc) is 3.23. The lowest BCUT2D eigenvalue weighted by molar-refractivity contribution is -0.384. The minimum absolute atomic E-state index is 0.0588. The zero-order chi connectivity index (χ0) is 31.0. The summed E-state index contributed by atoms with van der Waals surface area (Å²) in [6.45, 7) is -0.146. The van der Waals surface area contributed by atoms with E-state index in [0.29, 0.717) is 6.42 Å². The SMILES string of the molecule is CCCCCCCCCCCCCCCCCC(=O)OC1C(O)[C@H](O)C(CO)O[C@@H]1O[C@]1(CO)O[C@H](CO)C(O)C1O. The lowest BCUT2D eigenvalue weighted by Crippen LogP contribution is -2.63. The van der Waals surface area contributed by atoms with Crippen molar-refractivity contribution in [3.8, 4) is 0 Å². The molecule has 2 heterocycles. The molecule has 0 radical (unpaired) electrons. The highest BCUT2D eigenvalue weighted by molar-refractivity contribution is 5.69. The zero-order valence-electron chi connectivity index (χ0n) is 25.2. The smallest absolute Gasteiger partial charge is 0.306 e. The van der Waals surface area contributed by atoms with Crippen LogP contribution in [-0.2, 0) is 23.7 Å². The normalized spacial score (nSPS) is 33.2. The molecule has 248 valence electrons. The van der Waals surface area contributed by atoms with E-state index in [4.69, 9.17) is 18.9 Å². The summed E-state index contributed by atoms with van der Waals surface area (Å²) in [5.41, 5.74) is 0. The van der Waals surface area contributed by atoms with Gasteiger partial charge in [-0.05, 0) is 6.42 Å². The fourth-order valence-electron chi connectivity index (χ4n) is 5.59. The van der Waals surface area contributed by atoms with Gasteiger partial charge in [0.25, 0.3) is 0 Å². The van der Waals surface area contributed by atoms with Crippen LogP contribution in [0, 0.1) is 0 Å². The molecule has 42 heavy (non-hydrogen) atoms. The van der Waals surface area contributed by atoms with Gasteiger partial charge in [-0.2, -0.15) is 0 Å². The van der Waals surface area contributed by atoms with Crippen molar-refractivity contribution < 1.29 is 59.5 Å². The number of carbonyl (C=O) groups is 1. The van der Waals surface area contributed by atoms with Gasteiger partial charge in [-0.1, -0.05) is 96.8 Å². The van der Waals surface area contributed by atoms with Gasteiger partial charge in [-0.3, -0.25) is 4.79 Å². The molecule has 2 rings (SSSR count). The second kappa shape index (κ2) is 20.2. The van der Waals surface area contributed by atoms with E-state index in [-0.39, 0.29) is 6.42 Å². The van der Waals surface area contributed by atoms with Crippen molar-refractivity contribution in [3.63, 3.8) is 0 Å². The van der Waals surface area contributed by atoms with Crippen molar-refractivity contribution in [3.05, 3.63) is 0 Å². The van der Waals surface area contributed by atoms with Gasteiger partial charge in [0, 0.05) is 6.42 Å². The molecule has 2 fully saturated rings. The van der Waals surface area contributed by atoms with Crippen LogP contribution < -0.4 is 0 Å². The average molecular weight is 609 g/mol. The molecule has 5 unspecified atom stereocenters. The van der Waals surface area contributed by atoms with Crippen molar-refractivity contribution in [1.82, 2.24) is 0 Å². The third-order valence-corrected chi connectivity index (χ3v) is 8.30. The molecular weight excluding hydrogens is 552 g/mol. The monoisotopic (exact) mass is 608 g/mol. The number of aliphatic hydroxyl groups is 7. The molecule has 0 aromatic rings. The summed E-state index contributed by atoms with van der Waals surface area (Å²) < 4.78 is 21.9. The lowest BCUT2D eigenvalue weighted by atomic mass is 9.98. The summed E-state index contributed by atoms with van der Waals surface area (Å²) in [6.07, 6.45) is 5.19. The Labute approximate surface area is 249 Å². The summed E-state index contributed by atoms with van der Waals surface area (Å²) in [4.78, 5) is 12.6. The van der Waals surface area contributed by atoms with E-state index >= 15 is 0 Å². The fourth-order valence-corrected chi connectivity index (χ4v) is 5.59. The Bertz CT molecular complexity index is 726. The van der Waals surface area contributed by atoms with E-state index in [1.165, 1.54) is 70.6 Å². The van der Waals surface area contributed by atoms with Gasteiger partial charge in [0.1, 0.15) is 43.2 Å². The summed E-state index contributed by atoms with van der Waals surface area (Å²) in [5.74, 6) is -2.95. The molecule has 2 saturated heterocycles. The second-order valence-electron chi connectivity index (χ2n) is 11.7. The van der Waals surface area contributed by atoms with Gasteiger partial charge in [-0.25, -0.2) is 0 Å². The Balaban J connectivity index is 1.73. The predicted octanol–water partition coefficient (Wildman–Crippen LogP) is 1.42. The number of aliphatic hydroxyl groups excluding tert-OH is 7. The Morgan fingerprint density at radius 1 is 0.690 bits per heavy atom. The minimum atomic E-state index is -2.28. The van der Waals surface area contributed by atoms with Gasteiger partial charge in [0.15, 0.2) is 6.10 Å². The van der Waals surface area contributed by atoms with Crippen LogP contribution in [0.5, 0.6) is 0 Å². The highest BCUT2D eigenvalue weighted by atomic mass is 16.8. The first-order chi connectivity index (χ1) is 20.2. The first kappa shape index (κ1) is 37.3. The third kappa shape index (κ3) is 11.2. The van der Waals surface area contributed by atoms with Crippen LogP contribution in [0.3, 0.4) is 0 Å². The summed E-state index contributed by atoms with van der Waals surface area (Å²) in [7, 11) is 0. The van der Waals surface area contributed by atoms with E-state index in [0.717, 1.165) is 19.3 Å². The third-order valence-electron chi connectivity index (χ3n) is 8.30. The molecule has 0 saturated carbocycles. The minimum Gasteiger partial charge on any atom is -0.454 e. The maximum atomic E-state index is 12.6. The number of rotatable bonds is 22. The molecule has 0 aliphatic carbocycles. The molecule has 0 aromatic heterocycles. The Morgan fingerprint density at radius 2 is 1.19 bits per heavy atom. The first-order valence-corrected chi connectivity index (χ1v) is 16.0. The standard InChI is InChI=1S/C30H56O12/c1-2-3-4-5-6-7-8-9-10-11-12-13-14-15-16-17-23(34)40-27-26(37)24(35)21(18-31)39-29(27)42-30(20-33)28(38)25(36)22(19-32)41-30/h21-22,24-29,31-33,35-38H,2-20H2,1H3/t21?,22-,24-,25?,26?,27?,28?,29-,30+/m1/s1. The van der Waals surface area contributed by atoms with E-state index in [1.807, 2.05) is 0 Å². The van der Waals surface area contributed by atoms with Crippen molar-refractivity contribution in [2.24, 2.45) is 0 Å². The number of ether oxygens (including phenoxy) is 4. The van der Waals surface area contributed by atoms with E-state index in [1.54, 1.807) is 0 Å². The van der Waals surface area contributed by atoms with Crippen LogP contribution in [0.1, 0.15) is 110 Å². The summed E-state index contributed by atoms with van der Waals surface area (Å²) in [6, 6.07) is 0. The van der Waals surface area contributed by atoms with Crippen molar-refractivity contribution in [2.45, 2.75) is 164 Å². The van der Waals surface area contributed by atoms with Gasteiger partial charge in [0.2, 0.25) is 12.1 Å². The molecule has 0 aromatic carbocycles. The van der Waals surface area contributed by atoms with Crippen LogP contribution >= 0.6 is 0 Å². The predicted molar refractivity (Wildman–Crippen MR) is 152 cm³/mol. The number of carbonyl (C=O) groups excluding carboxylic acids is 1. The number of unbranched alkanes of at least 4 members (excludes halogenated alkanes) is 14. The number of hydrogen-bond donors (Lipinski definition) is 7. The van der Waals surface area contributed by atoms with E-state index in [9.17, 15) is 40.5 Å². The maximum Gasteiger partial charge on any atom is 0.306 e. The molecule has 0 bridgehead atoms. The topological polar surface area (TPSA) is 196 Å². The Morgan fingerprint density at radius 3 is 1.64 bits per heavy atom. The van der Waals surface area contributed by atoms with Crippen LogP contribution in [0.25, 0.3) is 0 Å². The van der Waals surface area contributed by atoms with E-state index in [2.05, 4.69) is 6.92 Å². The maximum absolute atomic E-state index is 12.6. The molecule has 2 aliphatic heterocycles. The fraction of sp³-hybridized carbons (Fsp3) is 0.967. The molecule has 12 nitrogen and oxygen atoms in total. The highest BCUT2D eigenvalue weighted by Crippen LogP contribution is 2.36. The zero-order valence-corrected chi connectivity index (χ0v) is 25.2. The van der Waals surface area contributed by atoms with E-state index < -0.39 is 80.6 Å². The quantitative estimate of drug-likeness (QED) is 0.0691. The molecule has 0 amide bonds. The number of hydrogen-bond acceptors (Lipinski definition) is 12. The second-order valence-corrected chi connectivity index (χ2v) is 11.7.